The standard InChI is InChI=1S/C10H14N4O3/c1-5(15)3-6(4-11)7-8(12)13-10(17)14(2)9(7)16/h4,10-11,17H,3H2,1-2H3,(H2,12,13)/b7-6+,11-4?. The van der Waals surface area contributed by atoms with Gasteiger partial charge in [0.05, 0.1) is 5.57 Å². The van der Waals surface area contributed by atoms with E-state index in [1.54, 1.807) is 0 Å². The normalized spacial score (nSPS) is 23.2. The first kappa shape index (κ1) is 13.0. The minimum Gasteiger partial charge on any atom is -0.383 e. The summed E-state index contributed by atoms with van der Waals surface area (Å²) in [7, 11) is 1.36. The summed E-state index contributed by atoms with van der Waals surface area (Å²) in [4.78, 5) is 27.5. The van der Waals surface area contributed by atoms with Gasteiger partial charge in [0.25, 0.3) is 5.91 Å². The number of amidine groups is 1. The van der Waals surface area contributed by atoms with Gasteiger partial charge in [0.2, 0.25) is 6.35 Å². The van der Waals surface area contributed by atoms with Crippen LogP contribution in [0.4, 0.5) is 0 Å². The van der Waals surface area contributed by atoms with Crippen molar-refractivity contribution in [1.29, 1.82) is 5.41 Å². The lowest BCUT2D eigenvalue weighted by molar-refractivity contribution is -0.134. The van der Waals surface area contributed by atoms with E-state index in [0.717, 1.165) is 11.1 Å². The van der Waals surface area contributed by atoms with Crippen LogP contribution in [0.5, 0.6) is 0 Å². The molecule has 1 heterocycles. The maximum atomic E-state index is 11.9. The molecule has 1 amide bonds. The van der Waals surface area contributed by atoms with Gasteiger partial charge in [-0.3, -0.25) is 14.5 Å². The highest BCUT2D eigenvalue weighted by molar-refractivity contribution is 6.24. The second-order valence-corrected chi connectivity index (χ2v) is 3.70. The molecule has 1 aliphatic heterocycles. The van der Waals surface area contributed by atoms with E-state index >= 15 is 0 Å². The highest BCUT2D eigenvalue weighted by Crippen LogP contribution is 2.17. The summed E-state index contributed by atoms with van der Waals surface area (Å²) in [6, 6.07) is 0. The molecule has 1 unspecified atom stereocenters. The van der Waals surface area contributed by atoms with E-state index in [9.17, 15) is 14.7 Å². The van der Waals surface area contributed by atoms with Crippen LogP contribution in [0.15, 0.2) is 16.1 Å². The molecule has 0 bridgehead atoms. The number of nitrogens with two attached hydrogens (primary N) is 1. The van der Waals surface area contributed by atoms with E-state index in [2.05, 4.69) is 4.99 Å². The van der Waals surface area contributed by atoms with Crippen molar-refractivity contribution < 1.29 is 14.7 Å². The molecule has 92 valence electrons. The molecule has 0 aromatic heterocycles. The molecule has 0 aromatic rings. The number of nitrogens with zero attached hydrogens (tertiary/aromatic N) is 2. The Labute approximate surface area is 98.1 Å². The number of Topliss-reactive ketones (excluding diaryl/α,β-unsaturated/α-hetero) is 1. The Balaban J connectivity index is 3.30. The maximum Gasteiger partial charge on any atom is 0.261 e. The Hall–Kier alpha value is -2.02. The molecule has 4 N–H and O–H groups in total. The second kappa shape index (κ2) is 4.88. The SMILES string of the molecule is CC(=O)C/C(C=N)=C1\C(=O)N(C)C(O)N=C1N. The maximum absolute atomic E-state index is 11.9. The number of carbonyl (C=O) groups is 2. The zero-order valence-corrected chi connectivity index (χ0v) is 9.60. The van der Waals surface area contributed by atoms with Gasteiger partial charge in [-0.25, -0.2) is 4.99 Å². The van der Waals surface area contributed by atoms with Gasteiger partial charge in [0.1, 0.15) is 11.6 Å². The van der Waals surface area contributed by atoms with Crippen molar-refractivity contribution >= 4 is 23.7 Å². The van der Waals surface area contributed by atoms with Crippen molar-refractivity contribution in [3.05, 3.63) is 11.1 Å². The number of aliphatic hydroxyl groups is 1. The van der Waals surface area contributed by atoms with Crippen molar-refractivity contribution in [2.45, 2.75) is 19.7 Å². The minimum atomic E-state index is -1.32. The second-order valence-electron chi connectivity index (χ2n) is 3.70. The summed E-state index contributed by atoms with van der Waals surface area (Å²) >= 11 is 0. The van der Waals surface area contributed by atoms with E-state index in [1.165, 1.54) is 14.0 Å². The monoisotopic (exact) mass is 238 g/mol. The molecule has 17 heavy (non-hydrogen) atoms. The molecule has 0 saturated heterocycles. The summed E-state index contributed by atoms with van der Waals surface area (Å²) in [6.07, 6.45) is -0.483. The highest BCUT2D eigenvalue weighted by atomic mass is 16.3. The van der Waals surface area contributed by atoms with E-state index in [0.29, 0.717) is 0 Å². The molecular formula is C10H14N4O3. The fourth-order valence-corrected chi connectivity index (χ4v) is 1.45. The zero-order chi connectivity index (χ0) is 13.2. The molecule has 7 heteroatoms. The molecule has 1 rings (SSSR count). The predicted octanol–water partition coefficient (Wildman–Crippen LogP) is -0.983. The molecule has 0 radical (unpaired) electrons. The van der Waals surface area contributed by atoms with Crippen LogP contribution in [0.25, 0.3) is 0 Å². The van der Waals surface area contributed by atoms with Gasteiger partial charge in [-0.05, 0) is 12.5 Å². The van der Waals surface area contributed by atoms with Gasteiger partial charge >= 0.3 is 0 Å². The van der Waals surface area contributed by atoms with Gasteiger partial charge in [-0.15, -0.1) is 0 Å². The first-order chi connectivity index (χ1) is 7.88. The van der Waals surface area contributed by atoms with Crippen LogP contribution in [0.2, 0.25) is 0 Å². The third-order valence-corrected chi connectivity index (χ3v) is 2.33. The lowest BCUT2D eigenvalue weighted by Gasteiger charge is -2.27. The van der Waals surface area contributed by atoms with Crippen LogP contribution < -0.4 is 5.73 Å². The van der Waals surface area contributed by atoms with Crippen LogP contribution in [0.3, 0.4) is 0 Å². The van der Waals surface area contributed by atoms with Gasteiger partial charge in [0.15, 0.2) is 0 Å². The van der Waals surface area contributed by atoms with Crippen molar-refractivity contribution in [1.82, 2.24) is 4.90 Å². The fourth-order valence-electron chi connectivity index (χ4n) is 1.45. The summed E-state index contributed by atoms with van der Waals surface area (Å²) in [5.41, 5.74) is 5.74. The molecule has 0 aromatic carbocycles. The molecule has 0 aliphatic carbocycles. The topological polar surface area (TPSA) is 120 Å². The number of rotatable bonds is 3. The molecule has 1 aliphatic rings. The van der Waals surface area contributed by atoms with Crippen LogP contribution in [0, 0.1) is 5.41 Å². The van der Waals surface area contributed by atoms with Gasteiger partial charge in [-0.1, -0.05) is 0 Å². The molecule has 0 fully saturated rings. The zero-order valence-electron chi connectivity index (χ0n) is 9.60. The van der Waals surface area contributed by atoms with Gasteiger partial charge < -0.3 is 16.2 Å². The number of likely N-dealkylation sites (N-methyl/N-ethyl adjacent to an activating group) is 1. The van der Waals surface area contributed by atoms with Crippen LogP contribution >= 0.6 is 0 Å². The van der Waals surface area contributed by atoms with Crippen molar-refractivity contribution in [3.8, 4) is 0 Å². The number of hydrogen-bond acceptors (Lipinski definition) is 6. The summed E-state index contributed by atoms with van der Waals surface area (Å²) in [5.74, 6) is -0.893. The van der Waals surface area contributed by atoms with E-state index < -0.39 is 12.3 Å². The van der Waals surface area contributed by atoms with Crippen molar-refractivity contribution in [3.63, 3.8) is 0 Å². The quantitative estimate of drug-likeness (QED) is 0.432. The summed E-state index contributed by atoms with van der Waals surface area (Å²) < 4.78 is 0. The van der Waals surface area contributed by atoms with E-state index in [1.807, 2.05) is 0 Å². The number of carbonyl (C=O) groups excluding carboxylic acids is 2. The predicted molar refractivity (Wildman–Crippen MR) is 61.5 cm³/mol. The van der Waals surface area contributed by atoms with Crippen LogP contribution in [0.1, 0.15) is 13.3 Å². The number of hydrogen-bond donors (Lipinski definition) is 3. The van der Waals surface area contributed by atoms with E-state index in [-0.39, 0.29) is 29.2 Å². The Morgan fingerprint density at radius 2 is 2.29 bits per heavy atom. The Bertz CT molecular complexity index is 439. The average Bonchev–Trinajstić information content (AvgIpc) is 2.24. The smallest absolute Gasteiger partial charge is 0.261 e. The largest absolute Gasteiger partial charge is 0.383 e. The molecule has 0 saturated carbocycles. The van der Waals surface area contributed by atoms with E-state index in [4.69, 9.17) is 11.1 Å². The first-order valence-electron chi connectivity index (χ1n) is 4.90. The first-order valence-corrected chi connectivity index (χ1v) is 4.90. The Kier molecular flexibility index (Phi) is 3.74. The molecule has 0 spiro atoms. The number of amides is 1. The number of aliphatic imine (C=N–C) groups is 1. The minimum absolute atomic E-state index is 0.00278. The lowest BCUT2D eigenvalue weighted by atomic mass is 10.0. The molecule has 7 nitrogen and oxygen atoms in total. The van der Waals surface area contributed by atoms with Gasteiger partial charge in [0, 0.05) is 19.7 Å². The fraction of sp³-hybridized carbons (Fsp3) is 0.400. The Morgan fingerprint density at radius 1 is 1.71 bits per heavy atom. The van der Waals surface area contributed by atoms with Crippen molar-refractivity contribution in [2.24, 2.45) is 10.7 Å². The van der Waals surface area contributed by atoms with Crippen LogP contribution in [-0.4, -0.2) is 47.1 Å². The summed E-state index contributed by atoms with van der Waals surface area (Å²) in [6.45, 7) is 1.35. The lowest BCUT2D eigenvalue weighted by Crippen LogP contribution is -2.46. The number of allylic oxidation sites excluding steroid dienone is 1. The van der Waals surface area contributed by atoms with Gasteiger partial charge in [-0.2, -0.15) is 0 Å². The molecular weight excluding hydrogens is 224 g/mol. The third kappa shape index (κ3) is 2.56. The molecule has 1 atom stereocenters. The average molecular weight is 238 g/mol. The Morgan fingerprint density at radius 3 is 2.76 bits per heavy atom. The summed E-state index contributed by atoms with van der Waals surface area (Å²) in [5, 5.41) is 16.6. The number of aliphatic hydroxyl groups excluding tert-OH is 1. The number of nitrogens with one attached hydrogen (secondary N) is 1. The van der Waals surface area contributed by atoms with Crippen molar-refractivity contribution in [2.75, 3.05) is 7.05 Å². The highest BCUT2D eigenvalue weighted by Gasteiger charge is 2.30. The van der Waals surface area contributed by atoms with Crippen LogP contribution in [-0.2, 0) is 9.59 Å². The third-order valence-electron chi connectivity index (χ3n) is 2.33. The number of ketones is 1.